The third-order valence-electron chi connectivity index (χ3n) is 1.36. The number of carboxylic acid groups (broad SMARTS) is 6. The summed E-state index contributed by atoms with van der Waals surface area (Å²) in [5, 5.41) is 62.7. The molecule has 0 aromatic carbocycles. The minimum absolute atomic E-state index is 0. The van der Waals surface area contributed by atoms with Crippen LogP contribution < -0.4 is 30.6 Å². The summed E-state index contributed by atoms with van der Waals surface area (Å²) in [6.45, 7) is 11.7. The van der Waals surface area contributed by atoms with Crippen molar-refractivity contribution in [1.29, 1.82) is 0 Å². The maximum atomic E-state index is 9.49. The summed E-state index contributed by atoms with van der Waals surface area (Å²) in [4.78, 5) is 63.9. The Morgan fingerprint density at radius 3 is 0.632 bits per heavy atom. The topological polar surface area (TPSA) is 278 Å². The standard InChI is InChI=1S/3C4H8O2.3C2H4O2.C2H6O.C2H4O.2Cr/c3*1-2-3-4(5)6;3*1-2(3)4;2*1-2-3;;/h3*2-3H2,1H3,(H,5,6);3*1H3,(H,3,4);3H,2H2,1H3;2H,1H3;;/q;;;;;;;;2*+3/p-6. The summed E-state index contributed by atoms with van der Waals surface area (Å²) < 4.78 is 0. The molecular formula is C22H40Cr2O14. The van der Waals surface area contributed by atoms with E-state index in [1.807, 2.05) is 0 Å². The molecule has 0 fully saturated rings. The zero-order valence-electron chi connectivity index (χ0n) is 23.1. The van der Waals surface area contributed by atoms with E-state index in [1.165, 1.54) is 6.92 Å². The van der Waals surface area contributed by atoms with Gasteiger partial charge in [-0.05, 0) is 53.9 Å². The molecule has 0 unspecified atom stereocenters. The van der Waals surface area contributed by atoms with Crippen molar-refractivity contribution < 1.29 is 104 Å². The maximum absolute atomic E-state index is 9.49. The van der Waals surface area contributed by atoms with E-state index >= 15 is 0 Å². The Balaban J connectivity index is -0.0000000297. The maximum Gasteiger partial charge on any atom is 3.00 e. The molecule has 0 rings (SSSR count). The molecular weight excluding hydrogens is 592 g/mol. The fourth-order valence-corrected chi connectivity index (χ4v) is 0.612. The van der Waals surface area contributed by atoms with Gasteiger partial charge in [0.1, 0.15) is 6.29 Å². The summed E-state index contributed by atoms with van der Waals surface area (Å²) in [6.07, 6.45) is 3.30. The van der Waals surface area contributed by atoms with Gasteiger partial charge in [-0.1, -0.05) is 40.0 Å². The van der Waals surface area contributed by atoms with Crippen LogP contribution in [0.1, 0.15) is 93.9 Å². The van der Waals surface area contributed by atoms with Gasteiger partial charge >= 0.3 is 34.7 Å². The Bertz CT molecular complexity index is 450. The van der Waals surface area contributed by atoms with E-state index < -0.39 is 35.8 Å². The van der Waals surface area contributed by atoms with Crippen LogP contribution in [0.2, 0.25) is 0 Å². The van der Waals surface area contributed by atoms with Gasteiger partial charge in [-0.15, -0.1) is 0 Å². The van der Waals surface area contributed by atoms with Crippen molar-refractivity contribution >= 4 is 42.1 Å². The molecule has 0 bridgehead atoms. The molecule has 0 saturated carbocycles. The van der Waals surface area contributed by atoms with E-state index in [2.05, 4.69) is 0 Å². The number of rotatable bonds is 6. The SMILES string of the molecule is CC(=O)[O-].CC(=O)[O-].CC(=O)[O-].CC=O.CCCC(=O)[O-].CCCC(=O)[O-].CCCC(=O)[O-].CCO.[Cr+3].[Cr+3]. The van der Waals surface area contributed by atoms with Crippen LogP contribution in [0.4, 0.5) is 0 Å². The first-order valence-electron chi connectivity index (χ1n) is 10.5. The minimum Gasteiger partial charge on any atom is -0.550 e. The van der Waals surface area contributed by atoms with Gasteiger partial charge in [-0.2, -0.15) is 0 Å². The van der Waals surface area contributed by atoms with E-state index in [1.54, 1.807) is 27.7 Å². The Morgan fingerprint density at radius 2 is 0.632 bits per heavy atom. The van der Waals surface area contributed by atoms with Crippen LogP contribution in [0, 0.1) is 0 Å². The summed E-state index contributed by atoms with van der Waals surface area (Å²) in [5.41, 5.74) is 0. The summed E-state index contributed by atoms with van der Waals surface area (Å²) >= 11 is 0. The van der Waals surface area contributed by atoms with Gasteiger partial charge < -0.3 is 69.3 Å². The normalized spacial score (nSPS) is 6.66. The third-order valence-corrected chi connectivity index (χ3v) is 1.36. The molecule has 0 aliphatic rings. The largest absolute Gasteiger partial charge is 3.00 e. The van der Waals surface area contributed by atoms with E-state index in [0.29, 0.717) is 19.3 Å². The van der Waals surface area contributed by atoms with Crippen molar-refractivity contribution in [2.45, 2.75) is 93.9 Å². The first-order chi connectivity index (χ1) is 16.3. The third kappa shape index (κ3) is 835. The molecule has 0 amide bonds. The number of aliphatic carboxylic acids is 6. The quantitative estimate of drug-likeness (QED) is 0.269. The van der Waals surface area contributed by atoms with Crippen molar-refractivity contribution in [2.75, 3.05) is 6.61 Å². The number of hydrogen-bond acceptors (Lipinski definition) is 14. The number of carbonyl (C=O) groups is 7. The summed E-state index contributed by atoms with van der Waals surface area (Å²) in [5.74, 6) is -6.13. The predicted molar refractivity (Wildman–Crippen MR) is 116 cm³/mol. The number of hydrogen-bond donors (Lipinski definition) is 1. The molecule has 0 spiro atoms. The van der Waals surface area contributed by atoms with Gasteiger partial charge in [0.25, 0.3) is 0 Å². The zero-order valence-corrected chi connectivity index (χ0v) is 25.6. The van der Waals surface area contributed by atoms with E-state index in [0.717, 1.165) is 27.1 Å². The van der Waals surface area contributed by atoms with Gasteiger partial charge in [0.05, 0.1) is 0 Å². The molecule has 0 aromatic heterocycles. The number of carbonyl (C=O) groups excluding carboxylic acids is 7. The zero-order chi connectivity index (χ0) is 31.1. The fourth-order valence-electron chi connectivity index (χ4n) is 0.612. The van der Waals surface area contributed by atoms with Crippen LogP contribution in [0.15, 0.2) is 0 Å². The van der Waals surface area contributed by atoms with Gasteiger partial charge in [0, 0.05) is 42.4 Å². The molecule has 224 valence electrons. The molecule has 0 aromatic rings. The average Bonchev–Trinajstić information content (AvgIpc) is 2.62. The summed E-state index contributed by atoms with van der Waals surface area (Å²) in [7, 11) is 0. The van der Waals surface area contributed by atoms with Crippen molar-refractivity contribution in [3.8, 4) is 0 Å². The van der Waals surface area contributed by atoms with Crippen LogP contribution in [-0.4, -0.2) is 53.8 Å². The van der Waals surface area contributed by atoms with Crippen LogP contribution in [0.5, 0.6) is 0 Å². The van der Waals surface area contributed by atoms with Crippen LogP contribution in [0.3, 0.4) is 0 Å². The molecule has 14 nitrogen and oxygen atoms in total. The van der Waals surface area contributed by atoms with Crippen LogP contribution in [0.25, 0.3) is 0 Å². The Kier molecular flexibility index (Phi) is 120. The molecule has 0 heterocycles. The number of aliphatic hydroxyl groups excluding tert-OH is 1. The predicted octanol–water partition coefficient (Wildman–Crippen LogP) is -4.92. The Morgan fingerprint density at radius 1 is 0.553 bits per heavy atom. The van der Waals surface area contributed by atoms with Crippen molar-refractivity contribution in [3.05, 3.63) is 0 Å². The molecule has 1 N–H and O–H groups in total. The van der Waals surface area contributed by atoms with Gasteiger partial charge in [-0.25, -0.2) is 0 Å². The van der Waals surface area contributed by atoms with Crippen molar-refractivity contribution in [1.82, 2.24) is 0 Å². The molecule has 2 radical (unpaired) electrons. The Hall–Kier alpha value is -2.49. The first-order valence-corrected chi connectivity index (χ1v) is 10.5. The fraction of sp³-hybridized carbons (Fsp3) is 0.682. The molecule has 0 aliphatic heterocycles. The van der Waals surface area contributed by atoms with E-state index in [4.69, 9.17) is 39.6 Å². The second-order valence-electron chi connectivity index (χ2n) is 5.39. The number of aliphatic hydroxyl groups is 1. The second-order valence-corrected chi connectivity index (χ2v) is 5.39. The van der Waals surface area contributed by atoms with Gasteiger partial charge in [0.15, 0.2) is 0 Å². The van der Waals surface area contributed by atoms with Crippen LogP contribution >= 0.6 is 0 Å². The molecule has 0 saturated heterocycles. The second kappa shape index (κ2) is 70.1. The first kappa shape index (κ1) is 65.0. The molecule has 0 atom stereocenters. The molecule has 38 heavy (non-hydrogen) atoms. The van der Waals surface area contributed by atoms with Crippen molar-refractivity contribution in [3.63, 3.8) is 0 Å². The van der Waals surface area contributed by atoms with Crippen LogP contribution in [-0.2, 0) is 68.3 Å². The van der Waals surface area contributed by atoms with E-state index in [9.17, 15) is 29.7 Å². The van der Waals surface area contributed by atoms with Gasteiger partial charge in [-0.3, -0.25) is 0 Å². The summed E-state index contributed by atoms with van der Waals surface area (Å²) in [6, 6.07) is 0. The Labute approximate surface area is 246 Å². The molecule has 16 heteroatoms. The average molecular weight is 633 g/mol. The van der Waals surface area contributed by atoms with Crippen molar-refractivity contribution in [2.24, 2.45) is 0 Å². The number of carboxylic acids is 6. The smallest absolute Gasteiger partial charge is 0.550 e. The van der Waals surface area contributed by atoms with Gasteiger partial charge in [0.2, 0.25) is 0 Å². The number of aldehydes is 1. The molecule has 0 aliphatic carbocycles. The van der Waals surface area contributed by atoms with E-state index in [-0.39, 0.29) is 60.6 Å². The monoisotopic (exact) mass is 632 g/mol. The minimum atomic E-state index is -1.08.